The molecule has 1 aromatic rings. The Bertz CT molecular complexity index is 566. The molecule has 20 heavy (non-hydrogen) atoms. The largest absolute Gasteiger partial charge is 0.351 e. The van der Waals surface area contributed by atoms with Crippen molar-refractivity contribution in [2.45, 2.75) is 6.92 Å². The first kappa shape index (κ1) is 16.2. The van der Waals surface area contributed by atoms with Crippen molar-refractivity contribution in [1.29, 1.82) is 0 Å². The molecule has 0 radical (unpaired) electrons. The van der Waals surface area contributed by atoms with Crippen LogP contribution in [0.4, 0.5) is 14.5 Å². The van der Waals surface area contributed by atoms with E-state index < -0.39 is 44.5 Å². The normalized spacial score (nSPS) is 11.9. The monoisotopic (exact) mass is 306 g/mol. The summed E-state index contributed by atoms with van der Waals surface area (Å²) in [5, 5.41) is 12.8. The second-order valence-electron chi connectivity index (χ2n) is 3.73. The van der Waals surface area contributed by atoms with Gasteiger partial charge in [0, 0.05) is 28.9 Å². The lowest BCUT2D eigenvalue weighted by Crippen LogP contribution is -2.29. The van der Waals surface area contributed by atoms with Crippen molar-refractivity contribution >= 4 is 22.4 Å². The lowest BCUT2D eigenvalue weighted by molar-refractivity contribution is -0.387. The minimum atomic E-state index is -1.40. The van der Waals surface area contributed by atoms with Gasteiger partial charge in [0.15, 0.2) is 0 Å². The number of amides is 1. The Balaban J connectivity index is 2.88. The summed E-state index contributed by atoms with van der Waals surface area (Å²) in [6, 6.07) is 0.979. The first-order valence-electron chi connectivity index (χ1n) is 5.63. The summed E-state index contributed by atoms with van der Waals surface area (Å²) in [5.74, 6) is -2.89. The van der Waals surface area contributed by atoms with Crippen LogP contribution in [0.2, 0.25) is 0 Å². The van der Waals surface area contributed by atoms with Crippen molar-refractivity contribution in [1.82, 2.24) is 5.32 Å². The van der Waals surface area contributed by atoms with Gasteiger partial charge in [0.25, 0.3) is 5.91 Å². The van der Waals surface area contributed by atoms with Gasteiger partial charge in [0.2, 0.25) is 5.82 Å². The minimum absolute atomic E-state index is 0.00301. The quantitative estimate of drug-likeness (QED) is 0.635. The maximum atomic E-state index is 13.7. The summed E-state index contributed by atoms with van der Waals surface area (Å²) < 4.78 is 37.9. The van der Waals surface area contributed by atoms with Crippen molar-refractivity contribution in [2.24, 2.45) is 0 Å². The van der Waals surface area contributed by atoms with E-state index in [0.29, 0.717) is 17.9 Å². The molecule has 1 atom stereocenters. The number of nitro benzene ring substituents is 1. The number of nitro groups is 1. The maximum Gasteiger partial charge on any atom is 0.308 e. The highest BCUT2D eigenvalue weighted by molar-refractivity contribution is 7.84. The number of hydrogen-bond donors (Lipinski definition) is 1. The van der Waals surface area contributed by atoms with Crippen LogP contribution in [0.3, 0.4) is 0 Å². The lowest BCUT2D eigenvalue weighted by Gasteiger charge is -2.06. The molecule has 9 heteroatoms. The predicted octanol–water partition coefficient (Wildman–Crippen LogP) is 1.37. The second kappa shape index (κ2) is 7.04. The molecule has 0 saturated carbocycles. The minimum Gasteiger partial charge on any atom is -0.351 e. The fourth-order valence-electron chi connectivity index (χ4n) is 1.39. The highest BCUT2D eigenvalue weighted by Gasteiger charge is 2.24. The standard InChI is InChI=1S/C11H12F2N2O4S/c1-2-20(19)4-3-14-11(16)8-5-7(12)6-9(10(8)13)15(17)18/h5-6H,2-4H2,1H3,(H,14,16). The van der Waals surface area contributed by atoms with E-state index in [1.54, 1.807) is 6.92 Å². The first-order chi connectivity index (χ1) is 9.36. The summed E-state index contributed by atoms with van der Waals surface area (Å²) in [6.45, 7) is 1.70. The lowest BCUT2D eigenvalue weighted by atomic mass is 10.1. The van der Waals surface area contributed by atoms with Gasteiger partial charge in [-0.1, -0.05) is 6.92 Å². The van der Waals surface area contributed by atoms with E-state index in [2.05, 4.69) is 5.32 Å². The molecule has 110 valence electrons. The van der Waals surface area contributed by atoms with Gasteiger partial charge >= 0.3 is 5.69 Å². The smallest absolute Gasteiger partial charge is 0.308 e. The van der Waals surface area contributed by atoms with E-state index in [9.17, 15) is 27.9 Å². The number of nitrogens with one attached hydrogen (secondary N) is 1. The molecule has 0 fully saturated rings. The summed E-state index contributed by atoms with van der Waals surface area (Å²) in [7, 11) is -1.11. The average Bonchev–Trinajstić information content (AvgIpc) is 2.40. The van der Waals surface area contributed by atoms with Crippen LogP contribution in [0.5, 0.6) is 0 Å². The van der Waals surface area contributed by atoms with Crippen molar-refractivity contribution in [2.75, 3.05) is 18.1 Å². The molecule has 0 aliphatic rings. The topological polar surface area (TPSA) is 89.3 Å². The highest BCUT2D eigenvalue weighted by atomic mass is 32.2. The van der Waals surface area contributed by atoms with Gasteiger partial charge in [-0.3, -0.25) is 19.1 Å². The summed E-state index contributed by atoms with van der Waals surface area (Å²) in [6.07, 6.45) is 0. The Morgan fingerprint density at radius 3 is 2.65 bits per heavy atom. The SMILES string of the molecule is CCS(=O)CCNC(=O)c1cc(F)cc([N+](=O)[O-])c1F. The Morgan fingerprint density at radius 1 is 1.45 bits per heavy atom. The molecule has 1 unspecified atom stereocenters. The molecule has 1 rings (SSSR count). The van der Waals surface area contributed by atoms with Crippen LogP contribution in [0.15, 0.2) is 12.1 Å². The van der Waals surface area contributed by atoms with E-state index in [4.69, 9.17) is 0 Å². The van der Waals surface area contributed by atoms with Crippen molar-refractivity contribution in [3.63, 3.8) is 0 Å². The summed E-state index contributed by atoms with van der Waals surface area (Å²) in [4.78, 5) is 21.0. The zero-order valence-electron chi connectivity index (χ0n) is 10.5. The molecule has 1 amide bonds. The molecule has 0 heterocycles. The third kappa shape index (κ3) is 4.05. The van der Waals surface area contributed by atoms with Gasteiger partial charge in [0.1, 0.15) is 5.82 Å². The predicted molar refractivity (Wildman–Crippen MR) is 68.9 cm³/mol. The molecule has 0 saturated heterocycles. The summed E-state index contributed by atoms with van der Waals surface area (Å²) in [5.41, 5.74) is -1.86. The molecule has 1 aromatic carbocycles. The number of rotatable bonds is 6. The Kier molecular flexibility index (Phi) is 5.68. The van der Waals surface area contributed by atoms with E-state index in [1.165, 1.54) is 0 Å². The number of benzene rings is 1. The number of carbonyl (C=O) groups is 1. The Hall–Kier alpha value is -1.90. The van der Waals surface area contributed by atoms with Crippen LogP contribution < -0.4 is 5.32 Å². The molecule has 0 aromatic heterocycles. The van der Waals surface area contributed by atoms with Gasteiger partial charge in [-0.25, -0.2) is 4.39 Å². The van der Waals surface area contributed by atoms with Gasteiger partial charge in [-0.15, -0.1) is 0 Å². The first-order valence-corrected chi connectivity index (χ1v) is 7.12. The van der Waals surface area contributed by atoms with E-state index in [0.717, 1.165) is 0 Å². The number of carbonyl (C=O) groups excluding carboxylic acids is 1. The molecule has 0 bridgehead atoms. The number of halogens is 2. The molecule has 0 aliphatic heterocycles. The molecule has 0 spiro atoms. The molecular weight excluding hydrogens is 294 g/mol. The van der Waals surface area contributed by atoms with Crippen molar-refractivity contribution in [3.8, 4) is 0 Å². The van der Waals surface area contributed by atoms with Crippen molar-refractivity contribution in [3.05, 3.63) is 39.4 Å². The van der Waals surface area contributed by atoms with Gasteiger partial charge in [0.05, 0.1) is 16.6 Å². The highest BCUT2D eigenvalue weighted by Crippen LogP contribution is 2.22. The summed E-state index contributed by atoms with van der Waals surface area (Å²) >= 11 is 0. The van der Waals surface area contributed by atoms with E-state index in [1.807, 2.05) is 0 Å². The molecule has 6 nitrogen and oxygen atoms in total. The fourth-order valence-corrected chi connectivity index (χ4v) is 2.01. The van der Waals surface area contributed by atoms with Crippen LogP contribution in [0.25, 0.3) is 0 Å². The van der Waals surface area contributed by atoms with Gasteiger partial charge < -0.3 is 5.32 Å². The molecule has 0 aliphatic carbocycles. The van der Waals surface area contributed by atoms with Gasteiger partial charge in [-0.05, 0) is 6.07 Å². The number of hydrogen-bond acceptors (Lipinski definition) is 4. The van der Waals surface area contributed by atoms with Crippen molar-refractivity contribution < 1.29 is 22.7 Å². The second-order valence-corrected chi connectivity index (χ2v) is 5.60. The third-order valence-electron chi connectivity index (χ3n) is 2.40. The number of nitrogens with zero attached hydrogens (tertiary/aromatic N) is 1. The molecular formula is C11H12F2N2O4S. The Morgan fingerprint density at radius 2 is 2.10 bits per heavy atom. The average molecular weight is 306 g/mol. The fraction of sp³-hybridized carbons (Fsp3) is 0.364. The van der Waals surface area contributed by atoms with Crippen LogP contribution >= 0.6 is 0 Å². The van der Waals surface area contributed by atoms with E-state index >= 15 is 0 Å². The zero-order chi connectivity index (χ0) is 15.3. The Labute approximate surface area is 115 Å². The van der Waals surface area contributed by atoms with Crippen LogP contribution in [-0.2, 0) is 10.8 Å². The molecule has 1 N–H and O–H groups in total. The third-order valence-corrected chi connectivity index (χ3v) is 3.70. The van der Waals surface area contributed by atoms with E-state index in [-0.39, 0.29) is 12.3 Å². The zero-order valence-corrected chi connectivity index (χ0v) is 11.3. The van der Waals surface area contributed by atoms with Gasteiger partial charge in [-0.2, -0.15) is 4.39 Å². The van der Waals surface area contributed by atoms with Crippen LogP contribution in [-0.4, -0.2) is 33.1 Å². The maximum absolute atomic E-state index is 13.7. The van der Waals surface area contributed by atoms with Crippen LogP contribution in [0.1, 0.15) is 17.3 Å². The van der Waals surface area contributed by atoms with Crippen LogP contribution in [0, 0.1) is 21.7 Å².